The summed E-state index contributed by atoms with van der Waals surface area (Å²) in [7, 11) is 1.62. The Balaban J connectivity index is 2.53. The molecule has 0 aliphatic carbocycles. The highest BCUT2D eigenvalue weighted by atomic mass is 32.1. The number of thiophene rings is 1. The third-order valence-electron chi connectivity index (χ3n) is 1.97. The molecule has 0 aromatic carbocycles. The van der Waals surface area contributed by atoms with E-state index in [1.54, 1.807) is 18.5 Å². The Morgan fingerprint density at radius 1 is 1.65 bits per heavy atom. The molecule has 17 heavy (non-hydrogen) atoms. The molecule has 1 aromatic heterocycles. The smallest absolute Gasteiger partial charge is 0.328 e. The van der Waals surface area contributed by atoms with E-state index in [1.165, 1.54) is 22.3 Å². The lowest BCUT2D eigenvalue weighted by atomic mass is 10.3. The minimum absolute atomic E-state index is 0.266. The summed E-state index contributed by atoms with van der Waals surface area (Å²) in [5.41, 5.74) is 0.776. The molecular formula is C11H13F2NO2S. The van der Waals surface area contributed by atoms with Crippen molar-refractivity contribution in [2.24, 2.45) is 0 Å². The first-order valence-electron chi connectivity index (χ1n) is 4.92. The Hall–Kier alpha value is -1.27. The summed E-state index contributed by atoms with van der Waals surface area (Å²) in [6.45, 7) is 0.175. The first-order chi connectivity index (χ1) is 7.97. The summed E-state index contributed by atoms with van der Waals surface area (Å²) in [5.74, 6) is -1.01. The van der Waals surface area contributed by atoms with E-state index < -0.39 is 12.4 Å². The molecule has 0 atom stereocenters. The van der Waals surface area contributed by atoms with Crippen LogP contribution in [0.1, 0.15) is 10.4 Å². The molecule has 0 saturated heterocycles. The summed E-state index contributed by atoms with van der Waals surface area (Å²) in [6.07, 6.45) is 0.191. The SMILES string of the molecule is CN(Cc1cc(/C=C/C(=O)O)cs1)CC(F)F. The van der Waals surface area contributed by atoms with Gasteiger partial charge in [-0.2, -0.15) is 0 Å². The van der Waals surface area contributed by atoms with E-state index in [4.69, 9.17) is 5.11 Å². The average Bonchev–Trinajstić information content (AvgIpc) is 2.61. The Labute approximate surface area is 102 Å². The molecule has 1 N–H and O–H groups in total. The number of halogens is 2. The van der Waals surface area contributed by atoms with Gasteiger partial charge in [-0.05, 0) is 30.1 Å². The number of nitrogens with zero attached hydrogens (tertiary/aromatic N) is 1. The minimum Gasteiger partial charge on any atom is -0.478 e. The quantitative estimate of drug-likeness (QED) is 0.800. The number of alkyl halides is 2. The second-order valence-corrected chi connectivity index (χ2v) is 4.60. The fourth-order valence-electron chi connectivity index (χ4n) is 1.30. The number of carbonyl (C=O) groups is 1. The van der Waals surface area contributed by atoms with Crippen molar-refractivity contribution in [2.75, 3.05) is 13.6 Å². The Morgan fingerprint density at radius 2 is 2.35 bits per heavy atom. The van der Waals surface area contributed by atoms with Crippen LogP contribution >= 0.6 is 11.3 Å². The Bertz CT molecular complexity index is 404. The summed E-state index contributed by atoms with van der Waals surface area (Å²) in [5, 5.41) is 10.2. The molecule has 1 aromatic rings. The highest BCUT2D eigenvalue weighted by Crippen LogP contribution is 2.17. The number of carboxylic acids is 1. The van der Waals surface area contributed by atoms with E-state index in [0.717, 1.165) is 16.5 Å². The van der Waals surface area contributed by atoms with Crippen LogP contribution in [-0.2, 0) is 11.3 Å². The predicted molar refractivity (Wildman–Crippen MR) is 63.3 cm³/mol. The van der Waals surface area contributed by atoms with E-state index in [1.807, 2.05) is 0 Å². The van der Waals surface area contributed by atoms with Gasteiger partial charge in [-0.15, -0.1) is 11.3 Å². The second-order valence-electron chi connectivity index (χ2n) is 3.61. The summed E-state index contributed by atoms with van der Waals surface area (Å²) < 4.78 is 24.2. The fourth-order valence-corrected chi connectivity index (χ4v) is 2.23. The van der Waals surface area contributed by atoms with Crippen LogP contribution in [0, 0.1) is 0 Å². The zero-order valence-corrected chi connectivity index (χ0v) is 10.1. The van der Waals surface area contributed by atoms with Crippen molar-refractivity contribution in [3.8, 4) is 0 Å². The molecule has 0 fully saturated rings. The molecule has 0 aliphatic heterocycles. The van der Waals surface area contributed by atoms with Gasteiger partial charge in [-0.25, -0.2) is 13.6 Å². The molecule has 0 spiro atoms. The Morgan fingerprint density at radius 3 is 2.94 bits per heavy atom. The maximum atomic E-state index is 12.1. The highest BCUT2D eigenvalue weighted by Gasteiger charge is 2.09. The topological polar surface area (TPSA) is 40.5 Å². The van der Waals surface area contributed by atoms with Crippen LogP contribution in [0.2, 0.25) is 0 Å². The summed E-state index contributed by atoms with van der Waals surface area (Å²) in [6, 6.07) is 1.80. The van der Waals surface area contributed by atoms with Gasteiger partial charge in [0, 0.05) is 17.5 Å². The lowest BCUT2D eigenvalue weighted by Gasteiger charge is -2.14. The summed E-state index contributed by atoms with van der Waals surface area (Å²) >= 11 is 1.43. The van der Waals surface area contributed by atoms with Gasteiger partial charge in [-0.1, -0.05) is 0 Å². The van der Waals surface area contributed by atoms with Gasteiger partial charge in [0.2, 0.25) is 0 Å². The highest BCUT2D eigenvalue weighted by molar-refractivity contribution is 7.10. The van der Waals surface area contributed by atoms with E-state index in [0.29, 0.717) is 6.54 Å². The molecule has 1 heterocycles. The standard InChI is InChI=1S/C11H13F2NO2S/c1-14(6-10(12)13)5-9-4-8(7-17-9)2-3-11(15)16/h2-4,7,10H,5-6H2,1H3,(H,15,16)/b3-2+. The fraction of sp³-hybridized carbons (Fsp3) is 0.364. The molecule has 0 bridgehead atoms. The lowest BCUT2D eigenvalue weighted by molar-refractivity contribution is -0.131. The van der Waals surface area contributed by atoms with E-state index in [-0.39, 0.29) is 6.54 Å². The van der Waals surface area contributed by atoms with Crippen molar-refractivity contribution < 1.29 is 18.7 Å². The number of hydrogen-bond acceptors (Lipinski definition) is 3. The molecular weight excluding hydrogens is 248 g/mol. The number of carboxylic acid groups (broad SMARTS) is 1. The first-order valence-corrected chi connectivity index (χ1v) is 5.80. The van der Waals surface area contributed by atoms with Crippen molar-refractivity contribution in [2.45, 2.75) is 13.0 Å². The Kier molecular flexibility index (Phi) is 5.24. The predicted octanol–water partition coefficient (Wildman–Crippen LogP) is 2.54. The lowest BCUT2D eigenvalue weighted by Crippen LogP contribution is -2.23. The van der Waals surface area contributed by atoms with Crippen molar-refractivity contribution in [1.82, 2.24) is 4.90 Å². The van der Waals surface area contributed by atoms with Gasteiger partial charge in [0.05, 0.1) is 6.54 Å². The van der Waals surface area contributed by atoms with Crippen LogP contribution in [0.25, 0.3) is 6.08 Å². The van der Waals surface area contributed by atoms with Crippen LogP contribution in [0.3, 0.4) is 0 Å². The van der Waals surface area contributed by atoms with Gasteiger partial charge >= 0.3 is 5.97 Å². The zero-order chi connectivity index (χ0) is 12.8. The van der Waals surface area contributed by atoms with Gasteiger partial charge in [0.25, 0.3) is 6.43 Å². The molecule has 6 heteroatoms. The molecule has 0 saturated carbocycles. The zero-order valence-electron chi connectivity index (χ0n) is 9.27. The van der Waals surface area contributed by atoms with Crippen LogP contribution in [0.4, 0.5) is 8.78 Å². The molecule has 1 rings (SSSR count). The van der Waals surface area contributed by atoms with Crippen molar-refractivity contribution in [1.29, 1.82) is 0 Å². The van der Waals surface area contributed by atoms with Gasteiger partial charge < -0.3 is 5.11 Å². The van der Waals surface area contributed by atoms with Crippen molar-refractivity contribution in [3.05, 3.63) is 28.0 Å². The monoisotopic (exact) mass is 261 g/mol. The van der Waals surface area contributed by atoms with Gasteiger partial charge in [0.1, 0.15) is 0 Å². The molecule has 3 nitrogen and oxygen atoms in total. The van der Waals surface area contributed by atoms with E-state index in [9.17, 15) is 13.6 Å². The molecule has 0 unspecified atom stereocenters. The maximum absolute atomic E-state index is 12.1. The van der Waals surface area contributed by atoms with Crippen molar-refractivity contribution >= 4 is 23.4 Å². The molecule has 0 radical (unpaired) electrons. The third-order valence-corrected chi connectivity index (χ3v) is 2.91. The minimum atomic E-state index is -2.34. The number of rotatable bonds is 6. The van der Waals surface area contributed by atoms with Crippen LogP contribution < -0.4 is 0 Å². The molecule has 94 valence electrons. The second kappa shape index (κ2) is 6.46. The molecule has 0 amide bonds. The first kappa shape index (κ1) is 13.8. The third kappa shape index (κ3) is 5.55. The molecule has 0 aliphatic rings. The largest absolute Gasteiger partial charge is 0.478 e. The van der Waals surface area contributed by atoms with E-state index >= 15 is 0 Å². The number of hydrogen-bond donors (Lipinski definition) is 1. The number of aliphatic carboxylic acids is 1. The average molecular weight is 261 g/mol. The van der Waals surface area contributed by atoms with Crippen LogP contribution in [-0.4, -0.2) is 36.0 Å². The van der Waals surface area contributed by atoms with Crippen molar-refractivity contribution in [3.63, 3.8) is 0 Å². The van der Waals surface area contributed by atoms with Crippen LogP contribution in [0.5, 0.6) is 0 Å². The maximum Gasteiger partial charge on any atom is 0.328 e. The summed E-state index contributed by atoms with van der Waals surface area (Å²) in [4.78, 5) is 12.8. The van der Waals surface area contributed by atoms with E-state index in [2.05, 4.69) is 0 Å². The van der Waals surface area contributed by atoms with Gasteiger partial charge in [0.15, 0.2) is 0 Å². The van der Waals surface area contributed by atoms with Gasteiger partial charge in [-0.3, -0.25) is 4.90 Å². The normalized spacial score (nSPS) is 11.8. The van der Waals surface area contributed by atoms with Crippen LogP contribution in [0.15, 0.2) is 17.5 Å².